The predicted molar refractivity (Wildman–Crippen MR) is 126 cm³/mol. The molecule has 0 bridgehead atoms. The molecule has 15 nitrogen and oxygen atoms in total. The molecule has 0 atom stereocenters. The summed E-state index contributed by atoms with van der Waals surface area (Å²) in [7, 11) is 5.41. The van der Waals surface area contributed by atoms with E-state index in [1.54, 1.807) is 0 Å². The number of nitrogens with two attached hydrogens (primary N) is 1. The molecule has 2 heterocycles. The smallest absolute Gasteiger partial charge is 0.340 e. The van der Waals surface area contributed by atoms with Gasteiger partial charge in [-0.15, -0.1) is 10.2 Å². The molecule has 3 N–H and O–H groups in total. The maximum absolute atomic E-state index is 11.9. The molecule has 0 saturated heterocycles. The van der Waals surface area contributed by atoms with Gasteiger partial charge in [-0.3, -0.25) is 14.4 Å². The van der Waals surface area contributed by atoms with Gasteiger partial charge in [0.25, 0.3) is 11.1 Å². The molecule has 2 aromatic heterocycles. The predicted octanol–water partition coefficient (Wildman–Crippen LogP) is -0.619. The molecule has 0 aliphatic rings. The zero-order valence-corrected chi connectivity index (χ0v) is 19.5. The second-order valence-corrected chi connectivity index (χ2v) is 7.15. The first kappa shape index (κ1) is 25.4. The summed E-state index contributed by atoms with van der Waals surface area (Å²) >= 11 is 0. The number of hydrogen-bond donors (Lipinski definition) is 2. The molecule has 0 unspecified atom stereocenters. The molecule has 15 heteroatoms. The Bertz CT molecular complexity index is 1630. The summed E-state index contributed by atoms with van der Waals surface area (Å²) in [6, 6.07) is 5.51. The van der Waals surface area contributed by atoms with Crippen LogP contribution in [0.3, 0.4) is 0 Å². The number of hydrogen-bond acceptors (Lipinski definition) is 12. The molecule has 186 valence electrons. The van der Waals surface area contributed by atoms with E-state index in [-0.39, 0.29) is 44.5 Å². The van der Waals surface area contributed by atoms with Crippen LogP contribution in [0.15, 0.2) is 33.9 Å². The first-order valence-corrected chi connectivity index (χ1v) is 10.0. The van der Waals surface area contributed by atoms with E-state index in [0.717, 1.165) is 9.36 Å². The number of esters is 2. The lowest BCUT2D eigenvalue weighted by Gasteiger charge is -2.08. The number of rotatable bonds is 4. The molecule has 2 aromatic carbocycles. The molecule has 0 spiro atoms. The van der Waals surface area contributed by atoms with Gasteiger partial charge in [0.05, 0.1) is 41.8 Å². The van der Waals surface area contributed by atoms with E-state index in [2.05, 4.69) is 35.4 Å². The SMILES string of the molecule is COC(=O)c1cc2nnn(C)c(=O)c2cc1N.COC(=O)c1cc2nnn(C)c(=O)c2cc1NC=O. The second-order valence-electron chi connectivity index (χ2n) is 7.15. The summed E-state index contributed by atoms with van der Waals surface area (Å²) < 4.78 is 11.3. The zero-order valence-electron chi connectivity index (χ0n) is 19.5. The summed E-state index contributed by atoms with van der Waals surface area (Å²) in [6.45, 7) is 0. The third-order valence-corrected chi connectivity index (χ3v) is 4.95. The number of amides is 1. The number of nitrogen functional groups attached to an aromatic ring is 1. The van der Waals surface area contributed by atoms with Crippen LogP contribution in [0.5, 0.6) is 0 Å². The minimum atomic E-state index is -0.645. The molecule has 1 amide bonds. The van der Waals surface area contributed by atoms with Crippen molar-refractivity contribution in [2.24, 2.45) is 14.1 Å². The summed E-state index contributed by atoms with van der Waals surface area (Å²) in [6.07, 6.45) is 0.409. The largest absolute Gasteiger partial charge is 0.465 e. The molecule has 4 aromatic rings. The van der Waals surface area contributed by atoms with Gasteiger partial charge in [-0.1, -0.05) is 10.4 Å². The third kappa shape index (κ3) is 4.84. The van der Waals surface area contributed by atoms with Gasteiger partial charge in [0.2, 0.25) is 6.41 Å². The Balaban J connectivity index is 0.000000202. The average Bonchev–Trinajstić information content (AvgIpc) is 2.88. The summed E-state index contributed by atoms with van der Waals surface area (Å²) in [5, 5.41) is 17.8. The highest BCUT2D eigenvalue weighted by molar-refractivity contribution is 6.02. The van der Waals surface area contributed by atoms with Crippen molar-refractivity contribution in [1.82, 2.24) is 30.0 Å². The van der Waals surface area contributed by atoms with Gasteiger partial charge < -0.3 is 20.5 Å². The number of ether oxygens (including phenoxy) is 2. The fourth-order valence-electron chi connectivity index (χ4n) is 3.11. The molecule has 0 saturated carbocycles. The molecular weight excluding hydrogens is 476 g/mol. The van der Waals surface area contributed by atoms with Gasteiger partial charge in [-0.05, 0) is 24.3 Å². The summed E-state index contributed by atoms with van der Waals surface area (Å²) in [5.41, 5.74) is 6.17. The lowest BCUT2D eigenvalue weighted by molar-refractivity contribution is -0.105. The normalized spacial score (nSPS) is 10.3. The van der Waals surface area contributed by atoms with Crippen LogP contribution in [0.1, 0.15) is 20.7 Å². The second kappa shape index (κ2) is 10.4. The average molecular weight is 496 g/mol. The van der Waals surface area contributed by atoms with Gasteiger partial charge in [-0.25, -0.2) is 19.0 Å². The van der Waals surface area contributed by atoms with Gasteiger partial charge in [0.1, 0.15) is 11.0 Å². The van der Waals surface area contributed by atoms with E-state index in [1.807, 2.05) is 0 Å². The quantitative estimate of drug-likeness (QED) is 0.206. The highest BCUT2D eigenvalue weighted by Gasteiger charge is 2.16. The van der Waals surface area contributed by atoms with Crippen LogP contribution in [0, 0.1) is 0 Å². The Morgan fingerprint density at radius 3 is 1.83 bits per heavy atom. The molecule has 0 aliphatic heterocycles. The molecule has 4 rings (SSSR count). The number of aryl methyl sites for hydroxylation is 2. The number of carbonyl (C=O) groups excluding carboxylic acids is 3. The van der Waals surface area contributed by atoms with Crippen LogP contribution in [-0.4, -0.2) is 62.6 Å². The Labute approximate surface area is 201 Å². The molecule has 0 fully saturated rings. The van der Waals surface area contributed by atoms with E-state index < -0.39 is 11.9 Å². The van der Waals surface area contributed by atoms with Crippen molar-refractivity contribution in [3.8, 4) is 0 Å². The highest BCUT2D eigenvalue weighted by atomic mass is 16.5. The van der Waals surface area contributed by atoms with Crippen molar-refractivity contribution in [1.29, 1.82) is 0 Å². The topological polar surface area (TPSA) is 203 Å². The Hall–Kier alpha value is -5.21. The van der Waals surface area contributed by atoms with Gasteiger partial charge in [0, 0.05) is 19.8 Å². The third-order valence-electron chi connectivity index (χ3n) is 4.95. The lowest BCUT2D eigenvalue weighted by atomic mass is 10.1. The fraction of sp³-hybridized carbons (Fsp3) is 0.190. The number of nitrogens with one attached hydrogen (secondary N) is 1. The standard InChI is InChI=1S/C11H10N4O4.C10H10N4O3/c1-15-10(17)6-3-8(12-5-16)7(11(18)19-2)4-9(6)13-14-15;1-14-9(15)6-3-7(11)5(10(16)17-2)4-8(6)12-13-14/h3-5H,1-2H3,(H,12,16);3-4H,11H2,1-2H3. The van der Waals surface area contributed by atoms with Gasteiger partial charge >= 0.3 is 11.9 Å². The van der Waals surface area contributed by atoms with Crippen molar-refractivity contribution in [3.63, 3.8) is 0 Å². The number of nitrogens with zero attached hydrogens (tertiary/aromatic N) is 6. The van der Waals surface area contributed by atoms with Crippen LogP contribution >= 0.6 is 0 Å². The number of anilines is 2. The first-order valence-electron chi connectivity index (χ1n) is 10.0. The summed E-state index contributed by atoms with van der Waals surface area (Å²) in [4.78, 5) is 57.1. The van der Waals surface area contributed by atoms with Crippen LogP contribution in [0.2, 0.25) is 0 Å². The Morgan fingerprint density at radius 1 is 0.861 bits per heavy atom. The van der Waals surface area contributed by atoms with Crippen LogP contribution < -0.4 is 22.2 Å². The van der Waals surface area contributed by atoms with Crippen LogP contribution in [-0.2, 0) is 28.4 Å². The number of carbonyl (C=O) groups is 3. The van der Waals surface area contributed by atoms with Gasteiger partial charge in [-0.2, -0.15) is 0 Å². The number of fused-ring (bicyclic) bond motifs is 2. The fourth-order valence-corrected chi connectivity index (χ4v) is 3.11. The van der Waals surface area contributed by atoms with Crippen molar-refractivity contribution in [2.45, 2.75) is 0 Å². The monoisotopic (exact) mass is 496 g/mol. The molecule has 36 heavy (non-hydrogen) atoms. The van der Waals surface area contributed by atoms with E-state index in [4.69, 9.17) is 5.73 Å². The Kier molecular flexibility index (Phi) is 7.32. The maximum atomic E-state index is 11.9. The molecular formula is C21H20N8O7. The lowest BCUT2D eigenvalue weighted by Crippen LogP contribution is -2.21. The van der Waals surface area contributed by atoms with Crippen LogP contribution in [0.25, 0.3) is 21.8 Å². The minimum absolute atomic E-state index is 0.102. The number of aromatic nitrogens is 6. The van der Waals surface area contributed by atoms with Crippen molar-refractivity contribution < 1.29 is 23.9 Å². The number of methoxy groups -OCH3 is 2. The molecule has 0 radical (unpaired) electrons. The van der Waals surface area contributed by atoms with E-state index in [9.17, 15) is 24.0 Å². The van der Waals surface area contributed by atoms with Crippen molar-refractivity contribution in [2.75, 3.05) is 25.3 Å². The van der Waals surface area contributed by atoms with Crippen LogP contribution in [0.4, 0.5) is 11.4 Å². The van der Waals surface area contributed by atoms with E-state index in [1.165, 1.54) is 52.6 Å². The van der Waals surface area contributed by atoms with E-state index in [0.29, 0.717) is 17.3 Å². The van der Waals surface area contributed by atoms with Crippen molar-refractivity contribution in [3.05, 3.63) is 56.1 Å². The highest BCUT2D eigenvalue weighted by Crippen LogP contribution is 2.21. The van der Waals surface area contributed by atoms with Gasteiger partial charge in [0.15, 0.2) is 0 Å². The summed E-state index contributed by atoms with van der Waals surface area (Å²) in [5.74, 6) is -1.22. The number of benzene rings is 2. The minimum Gasteiger partial charge on any atom is -0.465 e. The molecule has 0 aliphatic carbocycles. The zero-order chi connectivity index (χ0) is 26.6. The Morgan fingerprint density at radius 2 is 1.33 bits per heavy atom. The maximum Gasteiger partial charge on any atom is 0.340 e. The van der Waals surface area contributed by atoms with E-state index >= 15 is 0 Å². The first-order chi connectivity index (χ1) is 17.1. The van der Waals surface area contributed by atoms with Crippen molar-refractivity contribution >= 4 is 51.5 Å².